The number of fused-ring (bicyclic) bond motifs is 6. The fraction of sp³-hybridized carbons (Fsp3) is 0.500. The van der Waals surface area contributed by atoms with E-state index in [1.54, 1.807) is 0 Å². The number of hydrogen-bond acceptors (Lipinski definition) is 2. The third kappa shape index (κ3) is 6.45. The summed E-state index contributed by atoms with van der Waals surface area (Å²) in [5.74, 6) is 0. The van der Waals surface area contributed by atoms with Crippen LogP contribution >= 0.6 is 0 Å². The van der Waals surface area contributed by atoms with Gasteiger partial charge in [-0.3, -0.25) is 0 Å². The Morgan fingerprint density at radius 3 is 1.18 bits per heavy atom. The van der Waals surface area contributed by atoms with Crippen molar-refractivity contribution in [1.82, 2.24) is 0 Å². The van der Waals surface area contributed by atoms with Gasteiger partial charge in [-0.05, 0) is 61.1 Å². The van der Waals surface area contributed by atoms with Crippen LogP contribution in [0.2, 0.25) is 0 Å². The standard InChI is InChI=1S/C36H46O2/c1-3-5-7-9-11-13-15-17-27-19-21-29-31-25-36-32(26-35(31)37-33(29)23-27)30-22-20-28(24-34(30)38-36)18-16-14-12-10-8-6-4-2/h19-26H,3-18H2,1-2H3. The molecule has 5 rings (SSSR count). The minimum atomic E-state index is 0.954. The van der Waals surface area contributed by atoms with E-state index in [-0.39, 0.29) is 0 Å². The molecule has 5 aromatic rings. The average molecular weight is 511 g/mol. The van der Waals surface area contributed by atoms with E-state index in [1.807, 2.05) is 0 Å². The highest BCUT2D eigenvalue weighted by molar-refractivity contribution is 6.14. The molecule has 2 aromatic heterocycles. The van der Waals surface area contributed by atoms with Gasteiger partial charge in [-0.1, -0.05) is 115 Å². The Morgan fingerprint density at radius 1 is 0.395 bits per heavy atom. The first kappa shape index (κ1) is 26.9. The van der Waals surface area contributed by atoms with Gasteiger partial charge in [-0.15, -0.1) is 0 Å². The van der Waals surface area contributed by atoms with Gasteiger partial charge < -0.3 is 8.83 Å². The zero-order valence-electron chi connectivity index (χ0n) is 23.7. The van der Waals surface area contributed by atoms with Crippen molar-refractivity contribution < 1.29 is 8.83 Å². The topological polar surface area (TPSA) is 26.3 Å². The van der Waals surface area contributed by atoms with Crippen LogP contribution in [0.4, 0.5) is 0 Å². The molecule has 0 spiro atoms. The van der Waals surface area contributed by atoms with Crippen molar-refractivity contribution in [2.45, 2.75) is 117 Å². The van der Waals surface area contributed by atoms with E-state index >= 15 is 0 Å². The summed E-state index contributed by atoms with van der Waals surface area (Å²) >= 11 is 0. The molecule has 0 bridgehead atoms. The number of furan rings is 2. The van der Waals surface area contributed by atoms with Crippen molar-refractivity contribution in [3.05, 3.63) is 59.7 Å². The van der Waals surface area contributed by atoms with Crippen molar-refractivity contribution in [2.24, 2.45) is 0 Å². The first-order valence-electron chi connectivity index (χ1n) is 15.6. The molecule has 0 N–H and O–H groups in total. The Bertz CT molecular complexity index is 1340. The normalized spacial score (nSPS) is 12.1. The highest BCUT2D eigenvalue weighted by Crippen LogP contribution is 2.37. The molecule has 2 heterocycles. The third-order valence-corrected chi connectivity index (χ3v) is 8.33. The van der Waals surface area contributed by atoms with Gasteiger partial charge in [-0.2, -0.15) is 0 Å². The largest absolute Gasteiger partial charge is 0.456 e. The predicted octanol–water partition coefficient (Wildman–Crippen LogP) is 12.1. The molecule has 0 saturated carbocycles. The predicted molar refractivity (Wildman–Crippen MR) is 164 cm³/mol. The lowest BCUT2D eigenvalue weighted by Gasteiger charge is -2.02. The first-order valence-corrected chi connectivity index (χ1v) is 15.6. The van der Waals surface area contributed by atoms with Crippen molar-refractivity contribution in [3.8, 4) is 0 Å². The van der Waals surface area contributed by atoms with Gasteiger partial charge in [0.05, 0.1) is 0 Å². The molecule has 0 atom stereocenters. The molecule has 0 aliphatic rings. The maximum Gasteiger partial charge on any atom is 0.136 e. The van der Waals surface area contributed by atoms with Crippen molar-refractivity contribution in [1.29, 1.82) is 0 Å². The summed E-state index contributed by atoms with van der Waals surface area (Å²) in [5.41, 5.74) is 6.66. The van der Waals surface area contributed by atoms with Crippen LogP contribution in [0.25, 0.3) is 43.9 Å². The van der Waals surface area contributed by atoms with E-state index in [2.05, 4.69) is 62.4 Å². The summed E-state index contributed by atoms with van der Waals surface area (Å²) in [5, 5.41) is 4.67. The molecular weight excluding hydrogens is 464 g/mol. The molecule has 0 aliphatic carbocycles. The molecule has 0 amide bonds. The van der Waals surface area contributed by atoms with Crippen molar-refractivity contribution >= 4 is 43.9 Å². The average Bonchev–Trinajstić information content (AvgIpc) is 3.47. The molecule has 0 radical (unpaired) electrons. The van der Waals surface area contributed by atoms with E-state index in [1.165, 1.54) is 112 Å². The van der Waals surface area contributed by atoms with Gasteiger partial charge in [-0.25, -0.2) is 0 Å². The minimum absolute atomic E-state index is 0.954. The Kier molecular flexibility index (Phi) is 9.44. The Labute approximate surface area is 228 Å². The highest BCUT2D eigenvalue weighted by Gasteiger charge is 2.14. The van der Waals surface area contributed by atoms with Crippen LogP contribution in [-0.2, 0) is 12.8 Å². The molecular formula is C36H46O2. The smallest absolute Gasteiger partial charge is 0.136 e. The number of benzene rings is 3. The van der Waals surface area contributed by atoms with Gasteiger partial charge in [0.1, 0.15) is 22.3 Å². The molecule has 0 saturated heterocycles. The van der Waals surface area contributed by atoms with E-state index in [0.29, 0.717) is 0 Å². The summed E-state index contributed by atoms with van der Waals surface area (Å²) in [4.78, 5) is 0. The maximum absolute atomic E-state index is 6.37. The van der Waals surface area contributed by atoms with Crippen LogP contribution in [0.15, 0.2) is 57.4 Å². The molecule has 3 aromatic carbocycles. The monoisotopic (exact) mass is 510 g/mol. The van der Waals surface area contributed by atoms with Crippen LogP contribution in [-0.4, -0.2) is 0 Å². The molecule has 38 heavy (non-hydrogen) atoms. The van der Waals surface area contributed by atoms with Gasteiger partial charge in [0.2, 0.25) is 0 Å². The Balaban J connectivity index is 1.25. The van der Waals surface area contributed by atoms with E-state index < -0.39 is 0 Å². The number of unbranched alkanes of at least 4 members (excludes halogenated alkanes) is 12. The zero-order valence-corrected chi connectivity index (χ0v) is 23.7. The minimum Gasteiger partial charge on any atom is -0.456 e. The SMILES string of the molecule is CCCCCCCCCc1ccc2c(c1)oc1cc3c(cc12)oc1cc(CCCCCCCCC)ccc13. The van der Waals surface area contributed by atoms with Gasteiger partial charge in [0.15, 0.2) is 0 Å². The molecule has 2 heteroatoms. The molecule has 0 unspecified atom stereocenters. The van der Waals surface area contributed by atoms with Crippen LogP contribution in [0.3, 0.4) is 0 Å². The Morgan fingerprint density at radius 2 is 0.763 bits per heavy atom. The Hall–Kier alpha value is -2.74. The molecule has 202 valence electrons. The summed E-state index contributed by atoms with van der Waals surface area (Å²) in [6.45, 7) is 4.56. The quantitative estimate of drug-likeness (QED) is 0.123. The lowest BCUT2D eigenvalue weighted by molar-refractivity contribution is 0.589. The van der Waals surface area contributed by atoms with Crippen LogP contribution in [0.5, 0.6) is 0 Å². The van der Waals surface area contributed by atoms with Crippen LogP contribution < -0.4 is 0 Å². The number of hydrogen-bond donors (Lipinski definition) is 0. The van der Waals surface area contributed by atoms with Crippen LogP contribution in [0.1, 0.15) is 115 Å². The summed E-state index contributed by atoms with van der Waals surface area (Å²) in [7, 11) is 0. The molecule has 0 aliphatic heterocycles. The van der Waals surface area contributed by atoms with Crippen LogP contribution in [0, 0.1) is 0 Å². The fourth-order valence-electron chi connectivity index (χ4n) is 6.02. The number of rotatable bonds is 16. The maximum atomic E-state index is 6.37. The fourth-order valence-corrected chi connectivity index (χ4v) is 6.02. The second-order valence-electron chi connectivity index (χ2n) is 11.5. The van der Waals surface area contributed by atoms with Gasteiger partial charge >= 0.3 is 0 Å². The van der Waals surface area contributed by atoms with E-state index in [4.69, 9.17) is 8.83 Å². The lowest BCUT2D eigenvalue weighted by atomic mass is 10.0. The van der Waals surface area contributed by atoms with Crippen molar-refractivity contribution in [3.63, 3.8) is 0 Å². The molecule has 0 fully saturated rings. The zero-order chi connectivity index (χ0) is 26.2. The van der Waals surface area contributed by atoms with E-state index in [9.17, 15) is 0 Å². The highest BCUT2D eigenvalue weighted by atomic mass is 16.3. The van der Waals surface area contributed by atoms with Gasteiger partial charge in [0, 0.05) is 21.5 Å². The van der Waals surface area contributed by atoms with Gasteiger partial charge in [0.25, 0.3) is 0 Å². The summed E-state index contributed by atoms with van der Waals surface area (Å²) < 4.78 is 12.7. The molecule has 2 nitrogen and oxygen atoms in total. The van der Waals surface area contributed by atoms with Crippen molar-refractivity contribution in [2.75, 3.05) is 0 Å². The summed E-state index contributed by atoms with van der Waals surface area (Å²) in [6.07, 6.45) is 21.1. The second kappa shape index (κ2) is 13.4. The lowest BCUT2D eigenvalue weighted by Crippen LogP contribution is -1.86. The third-order valence-electron chi connectivity index (χ3n) is 8.33. The van der Waals surface area contributed by atoms with E-state index in [0.717, 1.165) is 45.9 Å². The summed E-state index contributed by atoms with van der Waals surface area (Å²) in [6, 6.07) is 17.9. The first-order chi connectivity index (χ1) is 18.8. The number of aryl methyl sites for hydroxylation is 2. The second-order valence-corrected chi connectivity index (χ2v) is 11.5.